The third-order valence-electron chi connectivity index (χ3n) is 4.52. The van der Waals surface area contributed by atoms with E-state index in [4.69, 9.17) is 0 Å². The first-order valence-corrected chi connectivity index (χ1v) is 12.1. The molecule has 0 saturated carbocycles. The number of nitrogens with one attached hydrogen (secondary N) is 1. The van der Waals surface area contributed by atoms with Crippen LogP contribution in [-0.4, -0.2) is 33.7 Å². The third-order valence-corrected chi connectivity index (χ3v) is 7.33. The molecule has 1 N–H and O–H groups in total. The second kappa shape index (κ2) is 10.3. The number of carbonyl (C=O) groups excluding carboxylic acids is 1. The van der Waals surface area contributed by atoms with Gasteiger partial charge in [-0.25, -0.2) is 8.42 Å². The van der Waals surface area contributed by atoms with Crippen LogP contribution in [0.3, 0.4) is 0 Å². The number of benzene rings is 3. The molecule has 0 unspecified atom stereocenters. The molecule has 3 rings (SSSR count). The molecular formula is C23H24N2O3S2. The zero-order valence-electron chi connectivity index (χ0n) is 16.7. The summed E-state index contributed by atoms with van der Waals surface area (Å²) >= 11 is 1.74. The Balaban J connectivity index is 1.58. The van der Waals surface area contributed by atoms with E-state index in [1.165, 1.54) is 29.0 Å². The monoisotopic (exact) mass is 440 g/mol. The van der Waals surface area contributed by atoms with Crippen molar-refractivity contribution in [2.24, 2.45) is 0 Å². The number of rotatable bonds is 9. The summed E-state index contributed by atoms with van der Waals surface area (Å²) in [4.78, 5) is 12.6. The molecule has 1 amide bonds. The van der Waals surface area contributed by atoms with Crippen LogP contribution in [0.4, 0.5) is 5.69 Å². The molecule has 0 atom stereocenters. The predicted octanol–water partition coefficient (Wildman–Crippen LogP) is 4.17. The Morgan fingerprint density at radius 1 is 0.933 bits per heavy atom. The summed E-state index contributed by atoms with van der Waals surface area (Å²) in [6, 6.07) is 25.1. The number of para-hydroxylation sites is 1. The molecule has 0 radical (unpaired) electrons. The molecule has 0 bridgehead atoms. The number of carbonyl (C=O) groups is 1. The standard InChI is InChI=1S/C23H24N2O3S2/c1-25(21-12-6-3-7-13-21)30(27,28)22-14-8-11-20(17-22)23(26)24-15-16-29-18-19-9-4-2-5-10-19/h2-14,17H,15-16,18H2,1H3,(H,24,26). The van der Waals surface area contributed by atoms with E-state index in [1.54, 1.807) is 48.2 Å². The van der Waals surface area contributed by atoms with E-state index in [9.17, 15) is 13.2 Å². The van der Waals surface area contributed by atoms with Gasteiger partial charge >= 0.3 is 0 Å². The first-order chi connectivity index (χ1) is 14.5. The maximum absolute atomic E-state index is 12.9. The Morgan fingerprint density at radius 2 is 1.60 bits per heavy atom. The summed E-state index contributed by atoms with van der Waals surface area (Å²) in [6.07, 6.45) is 0. The van der Waals surface area contributed by atoms with Crippen LogP contribution >= 0.6 is 11.8 Å². The van der Waals surface area contributed by atoms with E-state index in [0.29, 0.717) is 17.8 Å². The lowest BCUT2D eigenvalue weighted by atomic mass is 10.2. The summed E-state index contributed by atoms with van der Waals surface area (Å²) in [7, 11) is -2.26. The molecule has 156 valence electrons. The Bertz CT molecular complexity index is 1070. The molecule has 3 aromatic carbocycles. The van der Waals surface area contributed by atoms with Crippen LogP contribution in [0.25, 0.3) is 0 Å². The zero-order chi connectivity index (χ0) is 21.4. The number of anilines is 1. The number of amides is 1. The topological polar surface area (TPSA) is 66.5 Å². The summed E-state index contributed by atoms with van der Waals surface area (Å²) in [5, 5.41) is 2.86. The van der Waals surface area contributed by atoms with Gasteiger partial charge in [0.25, 0.3) is 15.9 Å². The van der Waals surface area contributed by atoms with Gasteiger partial charge in [-0.05, 0) is 35.9 Å². The minimum Gasteiger partial charge on any atom is -0.351 e. The van der Waals surface area contributed by atoms with Crippen LogP contribution in [-0.2, 0) is 15.8 Å². The minimum absolute atomic E-state index is 0.0833. The first kappa shape index (κ1) is 21.9. The van der Waals surface area contributed by atoms with E-state index in [0.717, 1.165) is 11.5 Å². The maximum Gasteiger partial charge on any atom is 0.264 e. The molecule has 0 spiro atoms. The molecular weight excluding hydrogens is 416 g/mol. The molecule has 0 aromatic heterocycles. The quantitative estimate of drug-likeness (QED) is 0.507. The van der Waals surface area contributed by atoms with Crippen LogP contribution in [0.2, 0.25) is 0 Å². The van der Waals surface area contributed by atoms with Crippen LogP contribution < -0.4 is 9.62 Å². The summed E-state index contributed by atoms with van der Waals surface area (Å²) < 4.78 is 27.1. The van der Waals surface area contributed by atoms with Crippen molar-refractivity contribution in [2.75, 3.05) is 23.7 Å². The van der Waals surface area contributed by atoms with Gasteiger partial charge < -0.3 is 5.32 Å². The van der Waals surface area contributed by atoms with Crippen molar-refractivity contribution in [3.05, 3.63) is 96.1 Å². The number of hydrogen-bond acceptors (Lipinski definition) is 4. The van der Waals surface area contributed by atoms with Crippen molar-refractivity contribution in [3.8, 4) is 0 Å². The SMILES string of the molecule is CN(c1ccccc1)S(=O)(=O)c1cccc(C(=O)NCCSCc2ccccc2)c1. The average Bonchev–Trinajstić information content (AvgIpc) is 2.79. The van der Waals surface area contributed by atoms with Gasteiger partial charge in [0, 0.05) is 30.7 Å². The fourth-order valence-electron chi connectivity index (χ4n) is 2.84. The van der Waals surface area contributed by atoms with Crippen molar-refractivity contribution in [1.82, 2.24) is 5.32 Å². The largest absolute Gasteiger partial charge is 0.351 e. The zero-order valence-corrected chi connectivity index (χ0v) is 18.3. The van der Waals surface area contributed by atoms with Crippen LogP contribution in [0, 0.1) is 0 Å². The Hall–Kier alpha value is -2.77. The molecule has 30 heavy (non-hydrogen) atoms. The fourth-order valence-corrected chi connectivity index (χ4v) is 4.90. The minimum atomic E-state index is -3.76. The molecule has 0 aliphatic heterocycles. The molecule has 0 aliphatic rings. The lowest BCUT2D eigenvalue weighted by Crippen LogP contribution is -2.28. The Kier molecular flexibility index (Phi) is 7.54. The fraction of sp³-hybridized carbons (Fsp3) is 0.174. The highest BCUT2D eigenvalue weighted by molar-refractivity contribution is 7.98. The average molecular weight is 441 g/mol. The Morgan fingerprint density at radius 3 is 2.30 bits per heavy atom. The summed E-state index contributed by atoms with van der Waals surface area (Å²) in [5.41, 5.74) is 2.13. The van der Waals surface area contributed by atoms with E-state index < -0.39 is 10.0 Å². The smallest absolute Gasteiger partial charge is 0.264 e. The molecule has 0 heterocycles. The second-order valence-corrected chi connectivity index (χ2v) is 9.70. The predicted molar refractivity (Wildman–Crippen MR) is 123 cm³/mol. The van der Waals surface area contributed by atoms with Gasteiger partial charge in [-0.15, -0.1) is 0 Å². The van der Waals surface area contributed by atoms with Gasteiger partial charge in [0.05, 0.1) is 10.6 Å². The van der Waals surface area contributed by atoms with Gasteiger partial charge in [-0.1, -0.05) is 54.6 Å². The lowest BCUT2D eigenvalue weighted by molar-refractivity contribution is 0.0956. The normalized spacial score (nSPS) is 11.1. The van der Waals surface area contributed by atoms with E-state index >= 15 is 0 Å². The van der Waals surface area contributed by atoms with Gasteiger partial charge in [0.15, 0.2) is 0 Å². The van der Waals surface area contributed by atoms with Crippen LogP contribution in [0.15, 0.2) is 89.8 Å². The van der Waals surface area contributed by atoms with Gasteiger partial charge in [-0.2, -0.15) is 11.8 Å². The maximum atomic E-state index is 12.9. The van der Waals surface area contributed by atoms with Gasteiger partial charge in [-0.3, -0.25) is 9.10 Å². The van der Waals surface area contributed by atoms with Crippen molar-refractivity contribution in [3.63, 3.8) is 0 Å². The summed E-state index contributed by atoms with van der Waals surface area (Å²) in [6.45, 7) is 0.511. The van der Waals surface area contributed by atoms with Crippen LogP contribution in [0.5, 0.6) is 0 Å². The molecule has 0 fully saturated rings. The molecule has 7 heteroatoms. The second-order valence-electron chi connectivity index (χ2n) is 6.63. The highest BCUT2D eigenvalue weighted by atomic mass is 32.2. The first-order valence-electron chi connectivity index (χ1n) is 9.52. The number of thioether (sulfide) groups is 1. The third kappa shape index (κ3) is 5.64. The number of sulfonamides is 1. The summed E-state index contributed by atoms with van der Waals surface area (Å²) in [5.74, 6) is 1.38. The molecule has 0 saturated heterocycles. The highest BCUT2D eigenvalue weighted by Gasteiger charge is 2.22. The van der Waals surface area contributed by atoms with E-state index in [1.807, 2.05) is 24.3 Å². The Labute approximate surface area is 182 Å². The molecule has 0 aliphatic carbocycles. The molecule has 5 nitrogen and oxygen atoms in total. The highest BCUT2D eigenvalue weighted by Crippen LogP contribution is 2.22. The van der Waals surface area contributed by atoms with E-state index in [2.05, 4.69) is 17.4 Å². The lowest BCUT2D eigenvalue weighted by Gasteiger charge is -2.19. The number of hydrogen-bond donors (Lipinski definition) is 1. The van der Waals surface area contributed by atoms with E-state index in [-0.39, 0.29) is 10.8 Å². The number of nitrogens with zero attached hydrogens (tertiary/aromatic N) is 1. The van der Waals surface area contributed by atoms with Crippen LogP contribution in [0.1, 0.15) is 15.9 Å². The molecule has 3 aromatic rings. The van der Waals surface area contributed by atoms with Gasteiger partial charge in [0.1, 0.15) is 0 Å². The van der Waals surface area contributed by atoms with Crippen molar-refractivity contribution >= 4 is 33.4 Å². The van der Waals surface area contributed by atoms with Crippen molar-refractivity contribution in [1.29, 1.82) is 0 Å². The van der Waals surface area contributed by atoms with Gasteiger partial charge in [0.2, 0.25) is 0 Å². The van der Waals surface area contributed by atoms with Crippen molar-refractivity contribution in [2.45, 2.75) is 10.6 Å². The van der Waals surface area contributed by atoms with Crippen molar-refractivity contribution < 1.29 is 13.2 Å².